The van der Waals surface area contributed by atoms with Crippen LogP contribution in [0.2, 0.25) is 0 Å². The molecule has 1 heterocycles. The predicted octanol–water partition coefficient (Wildman–Crippen LogP) is 9.44. The summed E-state index contributed by atoms with van der Waals surface area (Å²) in [5.41, 5.74) is 9.31. The Balaban J connectivity index is 1.30. The van der Waals surface area contributed by atoms with Gasteiger partial charge in [-0.25, -0.2) is 0 Å². The van der Waals surface area contributed by atoms with Gasteiger partial charge in [0.05, 0.1) is 0 Å². The van der Waals surface area contributed by atoms with E-state index in [1.165, 1.54) is 33.4 Å². The van der Waals surface area contributed by atoms with Gasteiger partial charge in [-0.15, -0.1) is 0 Å². The Bertz CT molecular complexity index is 1560. The fourth-order valence-corrected chi connectivity index (χ4v) is 5.08. The second-order valence-electron chi connectivity index (χ2n) is 8.28. The van der Waals surface area contributed by atoms with Crippen molar-refractivity contribution in [2.24, 2.45) is 0 Å². The molecule has 1 aliphatic carbocycles. The zero-order chi connectivity index (χ0) is 22.2. The number of furan rings is 1. The third kappa shape index (κ3) is 3.77. The molecule has 0 fully saturated rings. The van der Waals surface area contributed by atoms with E-state index in [0.29, 0.717) is 0 Å². The molecule has 0 atom stereocenters. The molecule has 0 amide bonds. The summed E-state index contributed by atoms with van der Waals surface area (Å²) in [5.74, 6) is 0. The van der Waals surface area contributed by atoms with Crippen LogP contribution in [0, 0.1) is 0 Å². The normalized spacial score (nSPS) is 13.7. The lowest BCUT2D eigenvalue weighted by atomic mass is 9.97. The van der Waals surface area contributed by atoms with Gasteiger partial charge in [-0.1, -0.05) is 107 Å². The van der Waals surface area contributed by atoms with E-state index in [-0.39, 0.29) is 0 Å². The Hall–Kier alpha value is -3.62. The summed E-state index contributed by atoms with van der Waals surface area (Å²) < 4.78 is 7.10. The van der Waals surface area contributed by atoms with Crippen molar-refractivity contribution >= 4 is 49.0 Å². The third-order valence-electron chi connectivity index (χ3n) is 6.26. The Morgan fingerprint density at radius 2 is 1.42 bits per heavy atom. The molecular weight excluding hydrogens is 468 g/mol. The van der Waals surface area contributed by atoms with Gasteiger partial charge in [0.25, 0.3) is 0 Å². The Morgan fingerprint density at radius 3 is 2.27 bits per heavy atom. The van der Waals surface area contributed by atoms with Crippen LogP contribution in [0.1, 0.15) is 17.5 Å². The van der Waals surface area contributed by atoms with Crippen LogP contribution >= 0.6 is 15.9 Å². The molecule has 158 valence electrons. The van der Waals surface area contributed by atoms with Crippen molar-refractivity contribution in [3.63, 3.8) is 0 Å². The van der Waals surface area contributed by atoms with Crippen LogP contribution in [-0.4, -0.2) is 0 Å². The molecule has 0 saturated heterocycles. The standard InChI is InChI=1S/C31H21BrO/c32-28-10-5-11-30-31(28)27-20-26(18-19-29(27)33-30)23-9-4-8-22(12-13-23)25-16-14-24(15-17-25)21-6-2-1-3-7-21/h1-11,13-20H,12H2. The molecule has 1 aromatic heterocycles. The number of hydrogen-bond donors (Lipinski definition) is 0. The molecule has 33 heavy (non-hydrogen) atoms. The van der Waals surface area contributed by atoms with Crippen molar-refractivity contribution < 1.29 is 4.42 Å². The molecule has 0 saturated carbocycles. The lowest BCUT2D eigenvalue weighted by molar-refractivity contribution is 0.669. The van der Waals surface area contributed by atoms with Gasteiger partial charge in [0.2, 0.25) is 0 Å². The highest BCUT2D eigenvalue weighted by Gasteiger charge is 2.12. The van der Waals surface area contributed by atoms with Gasteiger partial charge in [0.15, 0.2) is 0 Å². The average molecular weight is 489 g/mol. The lowest BCUT2D eigenvalue weighted by Crippen LogP contribution is -1.85. The molecule has 0 aliphatic heterocycles. The van der Waals surface area contributed by atoms with Crippen molar-refractivity contribution in [2.75, 3.05) is 0 Å². The zero-order valence-electron chi connectivity index (χ0n) is 18.0. The van der Waals surface area contributed by atoms with Gasteiger partial charge >= 0.3 is 0 Å². The maximum atomic E-state index is 6.04. The SMILES string of the molecule is Brc1cccc2oc3ccc(C4=CCC(c5ccc(-c6ccccc6)cc5)=CC=C4)cc3c12. The molecule has 0 N–H and O–H groups in total. The molecule has 1 nitrogen and oxygen atoms in total. The fraction of sp³-hybridized carbons (Fsp3) is 0.0323. The summed E-state index contributed by atoms with van der Waals surface area (Å²) in [4.78, 5) is 0. The van der Waals surface area contributed by atoms with Crippen LogP contribution in [0.4, 0.5) is 0 Å². The summed E-state index contributed by atoms with van der Waals surface area (Å²) in [7, 11) is 0. The first kappa shape index (κ1) is 20.0. The second-order valence-corrected chi connectivity index (χ2v) is 9.14. The van der Waals surface area contributed by atoms with Gasteiger partial charge in [-0.05, 0) is 64.1 Å². The minimum absolute atomic E-state index is 0.890. The molecule has 2 heteroatoms. The number of allylic oxidation sites excluding steroid dienone is 6. The number of fused-ring (bicyclic) bond motifs is 3. The van der Waals surface area contributed by atoms with Gasteiger partial charge in [0.1, 0.15) is 11.2 Å². The summed E-state index contributed by atoms with van der Waals surface area (Å²) in [6, 6.07) is 31.9. The predicted molar refractivity (Wildman–Crippen MR) is 143 cm³/mol. The van der Waals surface area contributed by atoms with Crippen LogP contribution in [0.15, 0.2) is 124 Å². The van der Waals surface area contributed by atoms with Crippen molar-refractivity contribution in [3.05, 3.63) is 131 Å². The summed E-state index contributed by atoms with van der Waals surface area (Å²) >= 11 is 3.69. The highest BCUT2D eigenvalue weighted by Crippen LogP contribution is 2.36. The molecular formula is C31H21BrO. The van der Waals surface area contributed by atoms with Crippen molar-refractivity contribution in [1.82, 2.24) is 0 Å². The molecule has 0 unspecified atom stereocenters. The maximum absolute atomic E-state index is 6.04. The quantitative estimate of drug-likeness (QED) is 0.246. The average Bonchev–Trinajstić information content (AvgIpc) is 3.06. The van der Waals surface area contributed by atoms with Gasteiger partial charge < -0.3 is 4.42 Å². The minimum atomic E-state index is 0.890. The summed E-state index contributed by atoms with van der Waals surface area (Å²) in [6.45, 7) is 0. The molecule has 1 aliphatic rings. The van der Waals surface area contributed by atoms with Gasteiger partial charge in [-0.2, -0.15) is 0 Å². The van der Waals surface area contributed by atoms with E-state index in [1.807, 2.05) is 12.1 Å². The van der Waals surface area contributed by atoms with Crippen LogP contribution < -0.4 is 0 Å². The summed E-state index contributed by atoms with van der Waals surface area (Å²) in [6.07, 6.45) is 9.79. The lowest BCUT2D eigenvalue weighted by Gasteiger charge is -2.07. The van der Waals surface area contributed by atoms with E-state index in [1.54, 1.807) is 0 Å². The first-order chi connectivity index (χ1) is 16.3. The highest BCUT2D eigenvalue weighted by molar-refractivity contribution is 9.10. The van der Waals surface area contributed by atoms with E-state index >= 15 is 0 Å². The number of hydrogen-bond acceptors (Lipinski definition) is 1. The molecule has 0 radical (unpaired) electrons. The second kappa shape index (κ2) is 8.38. The Morgan fingerprint density at radius 1 is 0.667 bits per heavy atom. The smallest absolute Gasteiger partial charge is 0.136 e. The van der Waals surface area contributed by atoms with Crippen LogP contribution in [-0.2, 0) is 0 Å². The molecule has 0 spiro atoms. The summed E-state index contributed by atoms with van der Waals surface area (Å²) in [5, 5.41) is 2.27. The first-order valence-electron chi connectivity index (χ1n) is 11.1. The minimum Gasteiger partial charge on any atom is -0.456 e. The zero-order valence-corrected chi connectivity index (χ0v) is 19.5. The third-order valence-corrected chi connectivity index (χ3v) is 6.92. The van der Waals surface area contributed by atoms with Gasteiger partial charge in [0, 0.05) is 15.2 Å². The topological polar surface area (TPSA) is 13.1 Å². The molecule has 0 bridgehead atoms. The van der Waals surface area contributed by atoms with Crippen LogP contribution in [0.25, 0.3) is 44.2 Å². The number of benzene rings is 4. The van der Waals surface area contributed by atoms with E-state index in [0.717, 1.165) is 32.8 Å². The number of halogens is 1. The fourth-order valence-electron chi connectivity index (χ4n) is 4.52. The first-order valence-corrected chi connectivity index (χ1v) is 11.9. The Labute approximate surface area is 201 Å². The van der Waals surface area contributed by atoms with E-state index in [2.05, 4.69) is 119 Å². The Kier molecular flexibility index (Phi) is 5.09. The molecule has 6 rings (SSSR count). The van der Waals surface area contributed by atoms with E-state index < -0.39 is 0 Å². The number of rotatable bonds is 3. The van der Waals surface area contributed by atoms with Crippen molar-refractivity contribution in [1.29, 1.82) is 0 Å². The van der Waals surface area contributed by atoms with Crippen LogP contribution in [0.5, 0.6) is 0 Å². The van der Waals surface area contributed by atoms with Crippen molar-refractivity contribution in [2.45, 2.75) is 6.42 Å². The van der Waals surface area contributed by atoms with Crippen LogP contribution in [0.3, 0.4) is 0 Å². The van der Waals surface area contributed by atoms with E-state index in [4.69, 9.17) is 4.42 Å². The molecule has 4 aromatic carbocycles. The van der Waals surface area contributed by atoms with E-state index in [9.17, 15) is 0 Å². The monoisotopic (exact) mass is 488 g/mol. The highest BCUT2D eigenvalue weighted by atomic mass is 79.9. The van der Waals surface area contributed by atoms with Gasteiger partial charge in [-0.3, -0.25) is 0 Å². The van der Waals surface area contributed by atoms with Crippen molar-refractivity contribution in [3.8, 4) is 11.1 Å². The largest absolute Gasteiger partial charge is 0.456 e. The molecule has 5 aromatic rings. The maximum Gasteiger partial charge on any atom is 0.136 e.